The summed E-state index contributed by atoms with van der Waals surface area (Å²) in [6.07, 6.45) is 2.78. The number of thiophene rings is 1. The molecule has 0 spiro atoms. The zero-order chi connectivity index (χ0) is 19.0. The molecule has 1 aromatic heterocycles. The second kappa shape index (κ2) is 9.85. The Morgan fingerprint density at radius 2 is 1.96 bits per heavy atom. The molecule has 0 amide bonds. The monoisotopic (exact) mass is 389 g/mol. The van der Waals surface area contributed by atoms with Crippen LogP contribution in [0.4, 0.5) is 4.39 Å². The molecule has 27 heavy (non-hydrogen) atoms. The molecule has 6 heteroatoms. The smallest absolute Gasteiger partial charge is 0.191 e. The normalized spacial score (nSPS) is 16.9. The van der Waals surface area contributed by atoms with Gasteiger partial charge in [-0.05, 0) is 55.3 Å². The Morgan fingerprint density at radius 1 is 1.19 bits per heavy atom. The predicted molar refractivity (Wildman–Crippen MR) is 110 cm³/mol. The maximum atomic E-state index is 13.4. The summed E-state index contributed by atoms with van der Waals surface area (Å²) >= 11 is 1.78. The van der Waals surface area contributed by atoms with Gasteiger partial charge in [0, 0.05) is 36.6 Å². The van der Waals surface area contributed by atoms with Gasteiger partial charge in [0.2, 0.25) is 0 Å². The van der Waals surface area contributed by atoms with Gasteiger partial charge in [-0.25, -0.2) is 4.39 Å². The minimum atomic E-state index is -0.201. The molecule has 2 heterocycles. The molecule has 0 radical (unpaired) electrons. The van der Waals surface area contributed by atoms with Crippen LogP contribution in [-0.2, 0) is 16.6 Å². The lowest BCUT2D eigenvalue weighted by Gasteiger charge is -2.36. The largest absolute Gasteiger partial charge is 0.381 e. The van der Waals surface area contributed by atoms with E-state index < -0.39 is 0 Å². The van der Waals surface area contributed by atoms with Crippen LogP contribution in [0.25, 0.3) is 0 Å². The lowest BCUT2D eigenvalue weighted by molar-refractivity contribution is 0.0531. The SMILES string of the molecule is CCNC(=NCC1(c2ccc(F)cc2)CCOCC1)NCCc1cccs1. The molecule has 1 fully saturated rings. The number of rotatable bonds is 7. The van der Waals surface area contributed by atoms with Crippen molar-refractivity contribution in [1.82, 2.24) is 10.6 Å². The Balaban J connectivity index is 1.69. The van der Waals surface area contributed by atoms with Crippen LogP contribution in [0.1, 0.15) is 30.2 Å². The first kappa shape index (κ1) is 19.8. The fourth-order valence-electron chi connectivity index (χ4n) is 3.43. The molecule has 0 saturated carbocycles. The maximum Gasteiger partial charge on any atom is 0.191 e. The molecule has 0 atom stereocenters. The summed E-state index contributed by atoms with van der Waals surface area (Å²) in [4.78, 5) is 6.24. The average Bonchev–Trinajstić information content (AvgIpc) is 3.21. The molecule has 1 saturated heterocycles. The van der Waals surface area contributed by atoms with Gasteiger partial charge in [0.15, 0.2) is 5.96 Å². The highest BCUT2D eigenvalue weighted by molar-refractivity contribution is 7.09. The molecule has 0 bridgehead atoms. The van der Waals surface area contributed by atoms with Crippen molar-refractivity contribution in [2.45, 2.75) is 31.6 Å². The van der Waals surface area contributed by atoms with Crippen molar-refractivity contribution in [2.75, 3.05) is 32.8 Å². The van der Waals surface area contributed by atoms with Crippen LogP contribution in [0.5, 0.6) is 0 Å². The van der Waals surface area contributed by atoms with Crippen molar-refractivity contribution in [2.24, 2.45) is 4.99 Å². The third kappa shape index (κ3) is 5.53. The zero-order valence-electron chi connectivity index (χ0n) is 15.8. The van der Waals surface area contributed by atoms with E-state index in [4.69, 9.17) is 9.73 Å². The van der Waals surface area contributed by atoms with E-state index >= 15 is 0 Å². The van der Waals surface area contributed by atoms with E-state index in [1.165, 1.54) is 4.88 Å². The van der Waals surface area contributed by atoms with Crippen molar-refractivity contribution >= 4 is 17.3 Å². The third-order valence-electron chi connectivity index (χ3n) is 5.03. The first-order chi connectivity index (χ1) is 13.2. The van der Waals surface area contributed by atoms with E-state index in [-0.39, 0.29) is 11.2 Å². The third-order valence-corrected chi connectivity index (χ3v) is 5.97. The zero-order valence-corrected chi connectivity index (χ0v) is 16.7. The highest BCUT2D eigenvalue weighted by Crippen LogP contribution is 2.35. The van der Waals surface area contributed by atoms with Crippen molar-refractivity contribution in [3.63, 3.8) is 0 Å². The second-order valence-electron chi connectivity index (χ2n) is 6.85. The number of nitrogens with one attached hydrogen (secondary N) is 2. The molecular formula is C21H28FN3OS. The first-order valence-corrected chi connectivity index (χ1v) is 10.5. The number of hydrogen-bond donors (Lipinski definition) is 2. The van der Waals surface area contributed by atoms with E-state index in [9.17, 15) is 4.39 Å². The van der Waals surface area contributed by atoms with Crippen molar-refractivity contribution in [3.05, 3.63) is 58.0 Å². The topological polar surface area (TPSA) is 45.7 Å². The van der Waals surface area contributed by atoms with Crippen LogP contribution < -0.4 is 10.6 Å². The fraction of sp³-hybridized carbons (Fsp3) is 0.476. The molecule has 2 aromatic rings. The van der Waals surface area contributed by atoms with Crippen LogP contribution in [0.15, 0.2) is 46.8 Å². The van der Waals surface area contributed by atoms with Crippen LogP contribution in [0.2, 0.25) is 0 Å². The summed E-state index contributed by atoms with van der Waals surface area (Å²) in [6.45, 7) is 5.83. The van der Waals surface area contributed by atoms with Crippen LogP contribution in [-0.4, -0.2) is 38.8 Å². The average molecular weight is 390 g/mol. The van der Waals surface area contributed by atoms with Gasteiger partial charge >= 0.3 is 0 Å². The lowest BCUT2D eigenvalue weighted by atomic mass is 9.74. The molecular weight excluding hydrogens is 361 g/mol. The minimum Gasteiger partial charge on any atom is -0.381 e. The van der Waals surface area contributed by atoms with Gasteiger partial charge in [0.1, 0.15) is 5.82 Å². The minimum absolute atomic E-state index is 0.0952. The Kier molecular flexibility index (Phi) is 7.24. The van der Waals surface area contributed by atoms with E-state index in [1.807, 2.05) is 12.1 Å². The number of guanidine groups is 1. The van der Waals surface area contributed by atoms with Gasteiger partial charge in [0.05, 0.1) is 6.54 Å². The standard InChI is InChI=1S/C21H28FN3OS/c1-2-23-20(24-12-9-19-4-3-15-27-19)25-16-21(10-13-26-14-11-21)17-5-7-18(22)8-6-17/h3-8,15H,2,9-14,16H2,1H3,(H2,23,24,25). The summed E-state index contributed by atoms with van der Waals surface area (Å²) in [5, 5.41) is 8.87. The first-order valence-electron chi connectivity index (χ1n) is 9.60. The highest BCUT2D eigenvalue weighted by atomic mass is 32.1. The molecule has 1 aromatic carbocycles. The molecule has 4 nitrogen and oxygen atoms in total. The Hall–Kier alpha value is -1.92. The molecule has 146 valence electrons. The number of aliphatic imine (C=N–C) groups is 1. The summed E-state index contributed by atoms with van der Waals surface area (Å²) in [6, 6.07) is 11.1. The van der Waals surface area contributed by atoms with E-state index in [0.29, 0.717) is 6.54 Å². The lowest BCUT2D eigenvalue weighted by Crippen LogP contribution is -2.41. The van der Waals surface area contributed by atoms with Gasteiger partial charge in [-0.1, -0.05) is 18.2 Å². The molecule has 1 aliphatic heterocycles. The van der Waals surface area contributed by atoms with E-state index in [0.717, 1.165) is 57.1 Å². The Morgan fingerprint density at radius 3 is 2.63 bits per heavy atom. The number of hydrogen-bond acceptors (Lipinski definition) is 3. The summed E-state index contributed by atoms with van der Waals surface area (Å²) in [5.41, 5.74) is 1.05. The number of halogens is 1. The molecule has 3 rings (SSSR count). The van der Waals surface area contributed by atoms with Crippen molar-refractivity contribution < 1.29 is 9.13 Å². The van der Waals surface area contributed by atoms with E-state index in [1.54, 1.807) is 23.5 Å². The molecule has 1 aliphatic rings. The Labute approximate surface area is 164 Å². The predicted octanol–water partition coefficient (Wildman–Crippen LogP) is 3.73. The van der Waals surface area contributed by atoms with Gasteiger partial charge in [-0.15, -0.1) is 11.3 Å². The van der Waals surface area contributed by atoms with Crippen LogP contribution >= 0.6 is 11.3 Å². The summed E-state index contributed by atoms with van der Waals surface area (Å²) in [5.74, 6) is 0.634. The van der Waals surface area contributed by atoms with E-state index in [2.05, 4.69) is 35.1 Å². The van der Waals surface area contributed by atoms with Gasteiger partial charge in [-0.2, -0.15) is 0 Å². The van der Waals surface area contributed by atoms with Crippen molar-refractivity contribution in [3.8, 4) is 0 Å². The van der Waals surface area contributed by atoms with Gasteiger partial charge in [-0.3, -0.25) is 4.99 Å². The number of nitrogens with zero attached hydrogens (tertiary/aromatic N) is 1. The van der Waals surface area contributed by atoms with Crippen molar-refractivity contribution in [1.29, 1.82) is 0 Å². The maximum absolute atomic E-state index is 13.4. The van der Waals surface area contributed by atoms with Crippen LogP contribution in [0.3, 0.4) is 0 Å². The fourth-order valence-corrected chi connectivity index (χ4v) is 4.14. The summed E-state index contributed by atoms with van der Waals surface area (Å²) < 4.78 is 19.0. The number of ether oxygens (including phenoxy) is 1. The van der Waals surface area contributed by atoms with Gasteiger partial charge < -0.3 is 15.4 Å². The molecule has 0 unspecified atom stereocenters. The molecule has 2 N–H and O–H groups in total. The Bertz CT molecular complexity index is 710. The number of benzene rings is 1. The van der Waals surface area contributed by atoms with Gasteiger partial charge in [0.25, 0.3) is 0 Å². The second-order valence-corrected chi connectivity index (χ2v) is 7.88. The quantitative estimate of drug-likeness (QED) is 0.560. The highest BCUT2D eigenvalue weighted by Gasteiger charge is 2.34. The van der Waals surface area contributed by atoms with Crippen LogP contribution in [0, 0.1) is 5.82 Å². The molecule has 0 aliphatic carbocycles. The summed E-state index contributed by atoms with van der Waals surface area (Å²) in [7, 11) is 0.